The molecule has 0 radical (unpaired) electrons. The summed E-state index contributed by atoms with van der Waals surface area (Å²) in [6.45, 7) is 8.61. The number of carbonyl (C=O) groups excluding carboxylic acids is 4. The minimum atomic E-state index is -0.993. The molecule has 4 aromatic rings. The minimum Gasteiger partial charge on any atom is -0.363 e. The van der Waals surface area contributed by atoms with Gasteiger partial charge in [0.25, 0.3) is 0 Å². The number of hydrogen-bond acceptors (Lipinski definition) is 17. The van der Waals surface area contributed by atoms with Gasteiger partial charge < -0.3 is 35.6 Å². The third-order valence-corrected chi connectivity index (χ3v) is 13.8. The van der Waals surface area contributed by atoms with Gasteiger partial charge in [0.15, 0.2) is 5.78 Å². The molecule has 4 heterocycles. The number of likely N-dealkylation sites (N-methyl/N-ethyl adjacent to an activating group) is 2. The van der Waals surface area contributed by atoms with Crippen LogP contribution in [0.25, 0.3) is 0 Å². The molecule has 0 spiro atoms. The summed E-state index contributed by atoms with van der Waals surface area (Å²) in [7, 11) is 3.34. The number of hydrogen-bond donors (Lipinski definition) is 4. The Kier molecular flexibility index (Phi) is 19.9. The van der Waals surface area contributed by atoms with E-state index in [9.17, 15) is 19.2 Å². The van der Waals surface area contributed by atoms with Gasteiger partial charge in [0.2, 0.25) is 28.0 Å². The number of tetrazole rings is 2. The summed E-state index contributed by atoms with van der Waals surface area (Å²) in [5.74, 6) is 10.1. The predicted molar refractivity (Wildman–Crippen MR) is 254 cm³/mol. The van der Waals surface area contributed by atoms with E-state index in [1.54, 1.807) is 56.1 Å². The van der Waals surface area contributed by atoms with E-state index in [0.717, 1.165) is 29.1 Å². The number of ether oxygens (including phenoxy) is 2. The minimum absolute atomic E-state index is 0.0617. The van der Waals surface area contributed by atoms with Gasteiger partial charge in [-0.05, 0) is 148 Å². The Morgan fingerprint density at radius 2 is 1.22 bits per heavy atom. The second kappa shape index (κ2) is 26.1. The second-order valence-electron chi connectivity index (χ2n) is 16.4. The molecule has 0 aliphatic carbocycles. The van der Waals surface area contributed by atoms with Crippen molar-refractivity contribution >= 4 is 47.0 Å². The third kappa shape index (κ3) is 14.4. The number of carbonyl (C=O) groups is 4. The Morgan fingerprint density at radius 3 is 1.79 bits per heavy atom. The Balaban J connectivity index is 1.04. The predicted octanol–water partition coefficient (Wildman–Crippen LogP) is 1.65. The highest BCUT2D eigenvalue weighted by atomic mass is 32.2. The molecule has 20 nitrogen and oxygen atoms in total. The van der Waals surface area contributed by atoms with Gasteiger partial charge in [0, 0.05) is 22.9 Å². The third-order valence-electron chi connectivity index (χ3n) is 11.8. The molecule has 0 saturated carbocycles. The molecular weight excluding hydrogens is 909 g/mol. The summed E-state index contributed by atoms with van der Waals surface area (Å²) in [5, 5.41) is 37.5. The molecule has 6 rings (SSSR count). The lowest BCUT2D eigenvalue weighted by molar-refractivity contribution is -0.141. The Hall–Kier alpha value is -5.72. The maximum absolute atomic E-state index is 14.3. The Bertz CT molecular complexity index is 2240. The zero-order valence-electron chi connectivity index (χ0n) is 39.2. The lowest BCUT2D eigenvalue weighted by Crippen LogP contribution is -2.58. The molecule has 2 fully saturated rings. The second-order valence-corrected chi connectivity index (χ2v) is 18.5. The maximum atomic E-state index is 14.3. The molecule has 2 aliphatic rings. The fourth-order valence-electron chi connectivity index (χ4n) is 7.64. The van der Waals surface area contributed by atoms with Crippen LogP contribution in [0.5, 0.6) is 0 Å². The van der Waals surface area contributed by atoms with E-state index in [-0.39, 0.29) is 42.8 Å². The van der Waals surface area contributed by atoms with E-state index >= 15 is 0 Å². The van der Waals surface area contributed by atoms with Crippen molar-refractivity contribution in [2.45, 2.75) is 135 Å². The van der Waals surface area contributed by atoms with Crippen molar-refractivity contribution < 1.29 is 28.7 Å². The summed E-state index contributed by atoms with van der Waals surface area (Å²) in [5.41, 5.74) is 0. The van der Waals surface area contributed by atoms with Crippen LogP contribution in [-0.4, -0.2) is 163 Å². The van der Waals surface area contributed by atoms with Gasteiger partial charge in [-0.3, -0.25) is 24.1 Å². The van der Waals surface area contributed by atoms with Crippen LogP contribution in [0.2, 0.25) is 0 Å². The molecule has 22 heteroatoms. The van der Waals surface area contributed by atoms with Crippen molar-refractivity contribution in [1.82, 2.24) is 71.5 Å². The first kappa shape index (κ1) is 51.7. The Labute approximate surface area is 405 Å². The monoisotopic (exact) mass is 968 g/mol. The molecule has 2 aromatic heterocycles. The summed E-state index contributed by atoms with van der Waals surface area (Å²) < 4.78 is 15.4. The summed E-state index contributed by atoms with van der Waals surface area (Å²) in [4.78, 5) is 60.6. The lowest BCUT2D eigenvalue weighted by atomic mass is 9.98. The molecule has 4 N–H and O–H groups in total. The first-order valence-electron chi connectivity index (χ1n) is 22.7. The molecule has 3 amide bonds. The largest absolute Gasteiger partial charge is 0.363 e. The van der Waals surface area contributed by atoms with Gasteiger partial charge in [-0.1, -0.05) is 48.2 Å². The van der Waals surface area contributed by atoms with Crippen LogP contribution >= 0.6 is 23.5 Å². The molecule has 2 aromatic carbocycles. The zero-order chi connectivity index (χ0) is 48.4. The van der Waals surface area contributed by atoms with E-state index in [1.807, 2.05) is 65.6 Å². The van der Waals surface area contributed by atoms with Crippen molar-refractivity contribution in [3.63, 3.8) is 0 Å². The number of Topliss-reactive ketones (excluding diaryl/α,β-unsaturated/α-hetero) is 1. The van der Waals surface area contributed by atoms with Gasteiger partial charge >= 0.3 is 0 Å². The SMILES string of the molecule is CN[C@@H](C)C(=O)NC(C(=O)C1CCCN1Cn1nnnc1Sc1ccccc1)C(C)OCC#CC#CCOC(C)C(NC(=O)[C@H](C)NC)C(=O)N1CCCC1Cn1nnnc1Sc1ccccc1. The highest BCUT2D eigenvalue weighted by Crippen LogP contribution is 2.29. The number of ketones is 1. The number of benzene rings is 2. The number of rotatable bonds is 23. The van der Waals surface area contributed by atoms with E-state index in [2.05, 4.69) is 76.0 Å². The van der Waals surface area contributed by atoms with E-state index in [4.69, 9.17) is 9.47 Å². The number of nitrogens with one attached hydrogen (secondary N) is 4. The van der Waals surface area contributed by atoms with Crippen molar-refractivity contribution in [3.05, 3.63) is 60.7 Å². The summed E-state index contributed by atoms with van der Waals surface area (Å²) in [6.07, 6.45) is 1.45. The maximum Gasteiger partial charge on any atom is 0.248 e. The molecule has 6 unspecified atom stereocenters. The molecule has 2 aliphatic heterocycles. The zero-order valence-corrected chi connectivity index (χ0v) is 40.8. The number of nitrogens with zero attached hydrogens (tertiary/aromatic N) is 10. The fraction of sp³-hybridized carbons (Fsp3) is 0.522. The fourth-order valence-corrected chi connectivity index (χ4v) is 9.22. The van der Waals surface area contributed by atoms with Gasteiger partial charge in [-0.25, -0.2) is 9.36 Å². The standard InChI is InChI=1S/C46H60N14O6S2/c1-31(47-5)42(62)49-39(41(61)38-24-18-25-57(38)30-60-46(52-54-56-60)68-37-22-13-10-14-23-37)33(3)65-27-15-7-8-16-28-66-34(4)40(50-43(63)32(2)48-6)44(64)58-26-17-19-35(58)29-59-45(51-53-55-59)67-36-20-11-9-12-21-36/h9-14,20-23,31-35,38-40,47-48H,17-19,24-30H2,1-6H3,(H,49,62)(H,50,63)/t31-,32-,33?,34?,35?,38?,39?,40?/m0/s1. The normalized spacial score (nSPS) is 18.5. The van der Waals surface area contributed by atoms with Crippen LogP contribution in [0, 0.1) is 23.7 Å². The molecule has 68 heavy (non-hydrogen) atoms. The van der Waals surface area contributed by atoms with Crippen molar-refractivity contribution in [1.29, 1.82) is 0 Å². The van der Waals surface area contributed by atoms with Crippen molar-refractivity contribution in [2.75, 3.05) is 40.4 Å². The average Bonchev–Trinajstić information content (AvgIpc) is 4.20. The lowest BCUT2D eigenvalue weighted by Gasteiger charge is -2.32. The molecular formula is C46H60N14O6S2. The van der Waals surface area contributed by atoms with Gasteiger partial charge in [-0.2, -0.15) is 0 Å². The molecule has 8 atom stereocenters. The van der Waals surface area contributed by atoms with Crippen LogP contribution in [0.4, 0.5) is 0 Å². The first-order chi connectivity index (χ1) is 33.0. The van der Waals surface area contributed by atoms with Crippen molar-refractivity contribution in [2.24, 2.45) is 0 Å². The highest BCUT2D eigenvalue weighted by molar-refractivity contribution is 7.99. The Morgan fingerprint density at radius 1 is 0.706 bits per heavy atom. The van der Waals surface area contributed by atoms with Crippen LogP contribution in [0.3, 0.4) is 0 Å². The van der Waals surface area contributed by atoms with Crippen LogP contribution in [-0.2, 0) is 41.9 Å². The summed E-state index contributed by atoms with van der Waals surface area (Å²) in [6, 6.07) is 15.8. The number of likely N-dealkylation sites (tertiary alicyclic amines) is 2. The van der Waals surface area contributed by atoms with Crippen molar-refractivity contribution in [3.8, 4) is 23.7 Å². The number of amides is 3. The quantitative estimate of drug-likeness (QED) is 0.0775. The summed E-state index contributed by atoms with van der Waals surface area (Å²) >= 11 is 2.88. The van der Waals surface area contributed by atoms with Gasteiger partial charge in [0.05, 0.1) is 49.6 Å². The van der Waals surface area contributed by atoms with Crippen LogP contribution in [0.15, 0.2) is 80.8 Å². The number of aromatic nitrogens is 8. The molecule has 0 bridgehead atoms. The van der Waals surface area contributed by atoms with Gasteiger partial charge in [0.1, 0.15) is 25.3 Å². The van der Waals surface area contributed by atoms with Gasteiger partial charge in [-0.15, -0.1) is 10.2 Å². The van der Waals surface area contributed by atoms with E-state index in [1.165, 1.54) is 23.5 Å². The molecule has 2 saturated heterocycles. The molecule has 362 valence electrons. The smallest absolute Gasteiger partial charge is 0.248 e. The average molecular weight is 969 g/mol. The van der Waals surface area contributed by atoms with Crippen LogP contribution < -0.4 is 21.3 Å². The van der Waals surface area contributed by atoms with Crippen LogP contribution in [0.1, 0.15) is 53.4 Å². The van der Waals surface area contributed by atoms with E-state index < -0.39 is 42.4 Å². The topological polar surface area (TPSA) is 229 Å². The highest BCUT2D eigenvalue weighted by Gasteiger charge is 2.40. The first-order valence-corrected chi connectivity index (χ1v) is 24.3. The van der Waals surface area contributed by atoms with E-state index in [0.29, 0.717) is 43.0 Å².